The Morgan fingerprint density at radius 1 is 1.33 bits per heavy atom. The molecule has 2 rings (SSSR count). The summed E-state index contributed by atoms with van der Waals surface area (Å²) in [6, 6.07) is 7.96. The largest absolute Gasteiger partial charge is 0.369 e. The molecule has 2 unspecified atom stereocenters. The Labute approximate surface area is 104 Å². The second-order valence-electron chi connectivity index (χ2n) is 3.85. The van der Waals surface area contributed by atoms with Crippen LogP contribution in [-0.4, -0.2) is 11.4 Å². The third-order valence-electron chi connectivity index (χ3n) is 2.77. The van der Waals surface area contributed by atoms with Crippen molar-refractivity contribution in [1.29, 1.82) is 0 Å². The van der Waals surface area contributed by atoms with Crippen molar-refractivity contribution in [2.45, 2.75) is 31.5 Å². The Bertz CT molecular complexity index is 329. The van der Waals surface area contributed by atoms with Gasteiger partial charge in [0.1, 0.15) is 0 Å². The number of hydrogen-bond acceptors (Lipinski definition) is 1. The Morgan fingerprint density at radius 3 is 2.87 bits per heavy atom. The van der Waals surface area contributed by atoms with Gasteiger partial charge in [0.15, 0.2) is 0 Å². The molecule has 0 aromatic heterocycles. The quantitative estimate of drug-likeness (QED) is 0.736. The fourth-order valence-corrected chi connectivity index (χ4v) is 2.71. The smallest absolute Gasteiger partial charge is 0.0843 e. The number of alkyl halides is 1. The van der Waals surface area contributed by atoms with E-state index in [0.29, 0.717) is 6.10 Å². The maximum Gasteiger partial charge on any atom is 0.0843 e. The minimum Gasteiger partial charge on any atom is -0.369 e. The van der Waals surface area contributed by atoms with Crippen LogP contribution in [0.3, 0.4) is 0 Å². The molecule has 82 valence electrons. The van der Waals surface area contributed by atoms with E-state index in [1.54, 1.807) is 0 Å². The molecule has 1 heterocycles. The second-order valence-corrected chi connectivity index (χ2v) is 4.91. The summed E-state index contributed by atoms with van der Waals surface area (Å²) in [6.45, 7) is 0. The Balaban J connectivity index is 2.13. The van der Waals surface area contributed by atoms with Crippen LogP contribution < -0.4 is 0 Å². The molecule has 0 spiro atoms. The van der Waals surface area contributed by atoms with Crippen LogP contribution in [0.4, 0.5) is 0 Å². The van der Waals surface area contributed by atoms with Gasteiger partial charge in [-0.05, 0) is 30.9 Å². The zero-order chi connectivity index (χ0) is 10.7. The SMILES string of the molecule is Clc1ccccc1C1CCCC(CBr)O1. The summed E-state index contributed by atoms with van der Waals surface area (Å²) < 4.78 is 5.97. The third-order valence-corrected chi connectivity index (χ3v) is 3.84. The maximum atomic E-state index is 6.16. The van der Waals surface area contributed by atoms with Gasteiger partial charge >= 0.3 is 0 Å². The van der Waals surface area contributed by atoms with Crippen LogP contribution >= 0.6 is 27.5 Å². The first-order valence-electron chi connectivity index (χ1n) is 5.27. The van der Waals surface area contributed by atoms with E-state index >= 15 is 0 Å². The fraction of sp³-hybridized carbons (Fsp3) is 0.500. The zero-order valence-electron chi connectivity index (χ0n) is 8.46. The molecule has 1 aliphatic rings. The van der Waals surface area contributed by atoms with E-state index in [0.717, 1.165) is 28.8 Å². The second kappa shape index (κ2) is 5.33. The topological polar surface area (TPSA) is 9.23 Å². The van der Waals surface area contributed by atoms with Crippen molar-refractivity contribution in [3.8, 4) is 0 Å². The Kier molecular flexibility index (Phi) is 4.06. The number of rotatable bonds is 2. The molecule has 1 saturated heterocycles. The van der Waals surface area contributed by atoms with Gasteiger partial charge in [0.05, 0.1) is 12.2 Å². The predicted octanol–water partition coefficient (Wildman–Crippen LogP) is 4.35. The van der Waals surface area contributed by atoms with Crippen molar-refractivity contribution in [3.05, 3.63) is 34.9 Å². The highest BCUT2D eigenvalue weighted by Gasteiger charge is 2.24. The standard InChI is InChI=1S/C12H14BrClO/c13-8-9-4-3-7-12(15-9)10-5-1-2-6-11(10)14/h1-2,5-6,9,12H,3-4,7-8H2. The van der Waals surface area contributed by atoms with E-state index in [4.69, 9.17) is 16.3 Å². The highest BCUT2D eigenvalue weighted by atomic mass is 79.9. The van der Waals surface area contributed by atoms with Gasteiger partial charge in [0.25, 0.3) is 0 Å². The predicted molar refractivity (Wildman–Crippen MR) is 66.7 cm³/mol. The Hall–Kier alpha value is -0.0500. The van der Waals surface area contributed by atoms with Crippen LogP contribution in [-0.2, 0) is 4.74 Å². The fourth-order valence-electron chi connectivity index (χ4n) is 1.98. The molecule has 0 bridgehead atoms. The molecule has 1 aromatic carbocycles. The van der Waals surface area contributed by atoms with E-state index in [1.807, 2.05) is 18.2 Å². The van der Waals surface area contributed by atoms with Gasteiger partial charge in [-0.2, -0.15) is 0 Å². The summed E-state index contributed by atoms with van der Waals surface area (Å²) in [4.78, 5) is 0. The minimum absolute atomic E-state index is 0.176. The first kappa shape index (κ1) is 11.4. The van der Waals surface area contributed by atoms with Crippen molar-refractivity contribution >= 4 is 27.5 Å². The lowest BCUT2D eigenvalue weighted by Crippen LogP contribution is -2.23. The number of benzene rings is 1. The molecular weight excluding hydrogens is 275 g/mol. The van der Waals surface area contributed by atoms with Gasteiger partial charge in [-0.15, -0.1) is 0 Å². The summed E-state index contributed by atoms with van der Waals surface area (Å²) >= 11 is 9.63. The lowest BCUT2D eigenvalue weighted by molar-refractivity contribution is -0.0383. The van der Waals surface area contributed by atoms with Crippen molar-refractivity contribution in [2.75, 3.05) is 5.33 Å². The van der Waals surface area contributed by atoms with Crippen molar-refractivity contribution in [3.63, 3.8) is 0 Å². The number of hydrogen-bond donors (Lipinski definition) is 0. The molecule has 0 radical (unpaired) electrons. The normalized spacial score (nSPS) is 26.5. The molecule has 1 aromatic rings. The van der Waals surface area contributed by atoms with E-state index < -0.39 is 0 Å². The average Bonchev–Trinajstić information content (AvgIpc) is 2.30. The van der Waals surface area contributed by atoms with Gasteiger partial charge < -0.3 is 4.74 Å². The molecule has 2 atom stereocenters. The van der Waals surface area contributed by atoms with Gasteiger partial charge in [-0.3, -0.25) is 0 Å². The lowest BCUT2D eigenvalue weighted by atomic mass is 9.99. The monoisotopic (exact) mass is 288 g/mol. The van der Waals surface area contributed by atoms with Crippen LogP contribution in [0, 0.1) is 0 Å². The number of halogens is 2. The van der Waals surface area contributed by atoms with Crippen LogP contribution in [0.1, 0.15) is 30.9 Å². The van der Waals surface area contributed by atoms with E-state index in [1.165, 1.54) is 6.42 Å². The summed E-state index contributed by atoms with van der Waals surface area (Å²) in [5.74, 6) is 0. The zero-order valence-corrected chi connectivity index (χ0v) is 10.8. The molecular formula is C12H14BrClO. The minimum atomic E-state index is 0.176. The van der Waals surface area contributed by atoms with Crippen LogP contribution in [0.25, 0.3) is 0 Å². The molecule has 0 N–H and O–H groups in total. The van der Waals surface area contributed by atoms with Crippen molar-refractivity contribution in [2.24, 2.45) is 0 Å². The lowest BCUT2D eigenvalue weighted by Gasteiger charge is -2.29. The Morgan fingerprint density at radius 2 is 2.13 bits per heavy atom. The highest BCUT2D eigenvalue weighted by Crippen LogP contribution is 2.35. The summed E-state index contributed by atoms with van der Waals surface area (Å²) in [6.07, 6.45) is 3.95. The maximum absolute atomic E-state index is 6.16. The van der Waals surface area contributed by atoms with Crippen LogP contribution in [0.15, 0.2) is 24.3 Å². The summed E-state index contributed by atoms with van der Waals surface area (Å²) in [5.41, 5.74) is 1.13. The molecule has 0 amide bonds. The average molecular weight is 290 g/mol. The van der Waals surface area contributed by atoms with Crippen LogP contribution in [0.2, 0.25) is 5.02 Å². The molecule has 1 nitrogen and oxygen atoms in total. The molecule has 0 saturated carbocycles. The van der Waals surface area contributed by atoms with Gasteiger partial charge in [0.2, 0.25) is 0 Å². The first-order chi connectivity index (χ1) is 7.31. The van der Waals surface area contributed by atoms with E-state index in [9.17, 15) is 0 Å². The van der Waals surface area contributed by atoms with Crippen molar-refractivity contribution in [1.82, 2.24) is 0 Å². The van der Waals surface area contributed by atoms with Gasteiger partial charge in [-0.1, -0.05) is 45.7 Å². The molecule has 0 aliphatic carbocycles. The van der Waals surface area contributed by atoms with E-state index in [2.05, 4.69) is 22.0 Å². The summed E-state index contributed by atoms with van der Waals surface area (Å²) in [7, 11) is 0. The molecule has 15 heavy (non-hydrogen) atoms. The molecule has 3 heteroatoms. The first-order valence-corrected chi connectivity index (χ1v) is 6.77. The van der Waals surface area contributed by atoms with Gasteiger partial charge in [-0.25, -0.2) is 0 Å². The number of ether oxygens (including phenoxy) is 1. The van der Waals surface area contributed by atoms with E-state index in [-0.39, 0.29) is 6.10 Å². The van der Waals surface area contributed by atoms with Gasteiger partial charge in [0, 0.05) is 10.4 Å². The van der Waals surface area contributed by atoms with Crippen LogP contribution in [0.5, 0.6) is 0 Å². The summed E-state index contributed by atoms with van der Waals surface area (Å²) in [5, 5.41) is 1.73. The third kappa shape index (κ3) is 2.74. The molecule has 1 fully saturated rings. The van der Waals surface area contributed by atoms with Crippen molar-refractivity contribution < 1.29 is 4.74 Å². The molecule has 1 aliphatic heterocycles. The highest BCUT2D eigenvalue weighted by molar-refractivity contribution is 9.09.